The Balaban J connectivity index is 2.21. The third-order valence-electron chi connectivity index (χ3n) is 2.39. The number of benzene rings is 1. The number of nitro benzene ring substituents is 1. The van der Waals surface area contributed by atoms with Gasteiger partial charge in [0.2, 0.25) is 0 Å². The highest BCUT2D eigenvalue weighted by atomic mass is 79.9. The molecule has 2 aromatic rings. The molecule has 0 amide bonds. The summed E-state index contributed by atoms with van der Waals surface area (Å²) in [7, 11) is 0. The summed E-state index contributed by atoms with van der Waals surface area (Å²) in [6.07, 6.45) is 0. The summed E-state index contributed by atoms with van der Waals surface area (Å²) in [5.41, 5.74) is 0.380. The highest BCUT2D eigenvalue weighted by Gasteiger charge is 2.16. The molecule has 0 aliphatic carbocycles. The van der Waals surface area contributed by atoms with Gasteiger partial charge in [-0.15, -0.1) is 0 Å². The van der Waals surface area contributed by atoms with Crippen LogP contribution < -0.4 is 4.74 Å². The second-order valence-electron chi connectivity index (χ2n) is 3.70. The lowest BCUT2D eigenvalue weighted by atomic mass is 10.3. The van der Waals surface area contributed by atoms with Crippen LogP contribution in [0.2, 0.25) is 10.2 Å². The predicted octanol–water partition coefficient (Wildman–Crippen LogP) is 4.64. The number of hydrogen-bond acceptors (Lipinski definition) is 4. The lowest BCUT2D eigenvalue weighted by Gasteiger charge is -2.09. The molecule has 0 N–H and O–H groups in total. The third kappa shape index (κ3) is 3.39. The molecule has 2 rings (SSSR count). The van der Waals surface area contributed by atoms with Gasteiger partial charge in [0.15, 0.2) is 0 Å². The molecule has 0 unspecified atom stereocenters. The molecule has 104 valence electrons. The van der Waals surface area contributed by atoms with Crippen molar-refractivity contribution >= 4 is 44.8 Å². The minimum Gasteiger partial charge on any atom is -0.486 e. The molecule has 20 heavy (non-hydrogen) atoms. The van der Waals surface area contributed by atoms with Crippen LogP contribution in [0, 0.1) is 10.1 Å². The van der Waals surface area contributed by atoms with Gasteiger partial charge < -0.3 is 4.74 Å². The van der Waals surface area contributed by atoms with E-state index in [1.54, 1.807) is 18.2 Å². The Morgan fingerprint density at radius 2 is 2.05 bits per heavy atom. The Morgan fingerprint density at radius 1 is 1.30 bits per heavy atom. The van der Waals surface area contributed by atoms with Crippen molar-refractivity contribution in [2.45, 2.75) is 6.61 Å². The number of ether oxygens (including phenoxy) is 1. The molecule has 0 saturated carbocycles. The van der Waals surface area contributed by atoms with Crippen molar-refractivity contribution in [1.29, 1.82) is 0 Å². The molecule has 0 radical (unpaired) electrons. The first-order valence-corrected chi connectivity index (χ1v) is 6.90. The van der Waals surface area contributed by atoms with E-state index in [2.05, 4.69) is 20.9 Å². The van der Waals surface area contributed by atoms with Crippen molar-refractivity contribution in [3.05, 3.63) is 60.8 Å². The van der Waals surface area contributed by atoms with Crippen molar-refractivity contribution in [1.82, 2.24) is 4.98 Å². The Kier molecular flexibility index (Phi) is 4.80. The zero-order valence-corrected chi connectivity index (χ0v) is 12.9. The van der Waals surface area contributed by atoms with Gasteiger partial charge in [0.05, 0.1) is 15.6 Å². The quantitative estimate of drug-likeness (QED) is 0.442. The molecule has 1 heterocycles. The summed E-state index contributed by atoms with van der Waals surface area (Å²) in [5.74, 6) is 0.331. The van der Waals surface area contributed by atoms with Gasteiger partial charge in [0, 0.05) is 6.07 Å². The maximum atomic E-state index is 10.8. The number of hydrogen-bond donors (Lipinski definition) is 0. The van der Waals surface area contributed by atoms with E-state index in [0.717, 1.165) is 0 Å². The van der Waals surface area contributed by atoms with Crippen LogP contribution in [0.1, 0.15) is 5.69 Å². The Bertz CT molecular complexity index is 667. The smallest absolute Gasteiger partial charge is 0.287 e. The number of pyridine rings is 1. The first-order chi connectivity index (χ1) is 9.49. The van der Waals surface area contributed by atoms with E-state index in [-0.39, 0.29) is 16.8 Å². The SMILES string of the molecule is O=[N+]([O-])c1cccc(OCc2nc(Cl)ccc2Cl)c1Br. The highest BCUT2D eigenvalue weighted by molar-refractivity contribution is 9.10. The molecule has 8 heteroatoms. The zero-order chi connectivity index (χ0) is 14.7. The molecule has 0 atom stereocenters. The second kappa shape index (κ2) is 6.39. The Hall–Kier alpha value is -1.37. The fourth-order valence-corrected chi connectivity index (χ4v) is 2.31. The van der Waals surface area contributed by atoms with Gasteiger partial charge in [-0.3, -0.25) is 10.1 Å². The molecule has 0 aliphatic heterocycles. The average molecular weight is 378 g/mol. The molecular weight excluding hydrogens is 371 g/mol. The van der Waals surface area contributed by atoms with E-state index >= 15 is 0 Å². The van der Waals surface area contributed by atoms with Crippen molar-refractivity contribution in [2.24, 2.45) is 0 Å². The first kappa shape index (κ1) is 15.0. The Labute approximate surface area is 132 Å². The topological polar surface area (TPSA) is 65.3 Å². The van der Waals surface area contributed by atoms with Crippen molar-refractivity contribution < 1.29 is 9.66 Å². The van der Waals surface area contributed by atoms with Crippen LogP contribution in [-0.2, 0) is 6.61 Å². The molecular formula is C12H7BrCl2N2O3. The van der Waals surface area contributed by atoms with Crippen LogP contribution in [0.25, 0.3) is 0 Å². The fourth-order valence-electron chi connectivity index (χ4n) is 1.46. The molecule has 1 aromatic heterocycles. The van der Waals surface area contributed by atoms with E-state index < -0.39 is 4.92 Å². The van der Waals surface area contributed by atoms with Gasteiger partial charge >= 0.3 is 0 Å². The van der Waals surface area contributed by atoms with Crippen LogP contribution >= 0.6 is 39.1 Å². The summed E-state index contributed by atoms with van der Waals surface area (Å²) in [6.45, 7) is 0.0547. The molecule has 0 aliphatic rings. The monoisotopic (exact) mass is 376 g/mol. The van der Waals surface area contributed by atoms with Gasteiger partial charge in [-0.1, -0.05) is 29.3 Å². The normalized spacial score (nSPS) is 10.3. The molecule has 0 spiro atoms. The predicted molar refractivity (Wildman–Crippen MR) is 79.4 cm³/mol. The van der Waals surface area contributed by atoms with Crippen molar-refractivity contribution in [2.75, 3.05) is 0 Å². The summed E-state index contributed by atoms with van der Waals surface area (Å²) < 4.78 is 5.76. The van der Waals surface area contributed by atoms with E-state index in [9.17, 15) is 10.1 Å². The maximum absolute atomic E-state index is 10.8. The highest BCUT2D eigenvalue weighted by Crippen LogP contribution is 2.34. The summed E-state index contributed by atoms with van der Waals surface area (Å²) in [6, 6.07) is 7.69. The van der Waals surface area contributed by atoms with Crippen LogP contribution in [0.5, 0.6) is 5.75 Å². The Morgan fingerprint density at radius 3 is 2.75 bits per heavy atom. The lowest BCUT2D eigenvalue weighted by molar-refractivity contribution is -0.385. The van der Waals surface area contributed by atoms with E-state index in [4.69, 9.17) is 27.9 Å². The standard InChI is InChI=1S/C12H7BrCl2N2O3/c13-12-9(17(18)19)2-1-3-10(12)20-6-8-7(14)4-5-11(15)16-8/h1-5H,6H2. The number of rotatable bonds is 4. The number of nitrogens with zero attached hydrogens (tertiary/aromatic N) is 2. The lowest BCUT2D eigenvalue weighted by Crippen LogP contribution is -2.01. The van der Waals surface area contributed by atoms with E-state index in [1.165, 1.54) is 12.1 Å². The van der Waals surface area contributed by atoms with Gasteiger partial charge in [0.25, 0.3) is 5.69 Å². The van der Waals surface area contributed by atoms with Gasteiger partial charge in [-0.2, -0.15) is 0 Å². The first-order valence-electron chi connectivity index (χ1n) is 5.35. The minimum atomic E-state index is -0.498. The fraction of sp³-hybridized carbons (Fsp3) is 0.0833. The molecule has 0 bridgehead atoms. The van der Waals surface area contributed by atoms with Crippen LogP contribution in [-0.4, -0.2) is 9.91 Å². The third-order valence-corrected chi connectivity index (χ3v) is 3.74. The van der Waals surface area contributed by atoms with Gasteiger partial charge in [-0.05, 0) is 34.1 Å². The number of aromatic nitrogens is 1. The molecule has 5 nitrogen and oxygen atoms in total. The average Bonchev–Trinajstić information content (AvgIpc) is 2.41. The molecule has 0 saturated heterocycles. The maximum Gasteiger partial charge on any atom is 0.287 e. The van der Waals surface area contributed by atoms with Crippen LogP contribution in [0.15, 0.2) is 34.8 Å². The number of nitro groups is 1. The molecule has 0 fully saturated rings. The van der Waals surface area contributed by atoms with Gasteiger partial charge in [-0.25, -0.2) is 4.98 Å². The minimum absolute atomic E-state index is 0.0547. The van der Waals surface area contributed by atoms with Crippen LogP contribution in [0.4, 0.5) is 5.69 Å². The zero-order valence-electron chi connectivity index (χ0n) is 9.85. The summed E-state index contributed by atoms with van der Waals surface area (Å²) in [4.78, 5) is 14.4. The van der Waals surface area contributed by atoms with Crippen molar-refractivity contribution in [3.63, 3.8) is 0 Å². The largest absolute Gasteiger partial charge is 0.486 e. The van der Waals surface area contributed by atoms with Crippen LogP contribution in [0.3, 0.4) is 0 Å². The van der Waals surface area contributed by atoms with Gasteiger partial charge in [0.1, 0.15) is 22.0 Å². The summed E-state index contributed by atoms with van der Waals surface area (Å²) >= 11 is 14.9. The van der Waals surface area contributed by atoms with E-state index in [0.29, 0.717) is 21.6 Å². The molecule has 1 aromatic carbocycles. The van der Waals surface area contributed by atoms with E-state index in [1.807, 2.05) is 0 Å². The second-order valence-corrected chi connectivity index (χ2v) is 5.28. The number of halogens is 3. The van der Waals surface area contributed by atoms with Crippen molar-refractivity contribution in [3.8, 4) is 5.75 Å². The summed E-state index contributed by atoms with van der Waals surface area (Å²) in [5, 5.41) is 11.5.